The lowest BCUT2D eigenvalue weighted by Gasteiger charge is -2.33. The van der Waals surface area contributed by atoms with E-state index in [-0.39, 0.29) is 16.4 Å². The lowest BCUT2D eigenvalue weighted by atomic mass is 9.90. The minimum atomic E-state index is -3.82. The maximum Gasteiger partial charge on any atom is 0.264 e. The van der Waals surface area contributed by atoms with Crippen molar-refractivity contribution in [3.63, 3.8) is 0 Å². The highest BCUT2D eigenvalue weighted by atomic mass is 32.9. The lowest BCUT2D eigenvalue weighted by Crippen LogP contribution is -2.31. The van der Waals surface area contributed by atoms with Gasteiger partial charge in [0, 0.05) is 28.2 Å². The monoisotopic (exact) mass is 509 g/mol. The number of nitrogens with zero attached hydrogens (tertiary/aromatic N) is 3. The average molecular weight is 510 g/mol. The van der Waals surface area contributed by atoms with Gasteiger partial charge in [0.2, 0.25) is 5.95 Å². The number of fused-ring (bicyclic) bond motifs is 3. The van der Waals surface area contributed by atoms with E-state index in [1.54, 1.807) is 64.9 Å². The van der Waals surface area contributed by atoms with Crippen LogP contribution in [0, 0.1) is 13.8 Å². The predicted molar refractivity (Wildman–Crippen MR) is 138 cm³/mol. The van der Waals surface area contributed by atoms with Crippen molar-refractivity contribution < 1.29 is 8.42 Å². The summed E-state index contributed by atoms with van der Waals surface area (Å²) in [6, 6.07) is 16.5. The zero-order valence-corrected chi connectivity index (χ0v) is 21.5. The molecule has 2 N–H and O–H groups in total. The normalized spacial score (nSPS) is 14.8. The number of aryl methyl sites for hydroxylation is 2. The fourth-order valence-electron chi connectivity index (χ4n) is 3.96. The van der Waals surface area contributed by atoms with Crippen molar-refractivity contribution in [1.82, 2.24) is 9.97 Å². The van der Waals surface area contributed by atoms with E-state index >= 15 is 0 Å². The van der Waals surface area contributed by atoms with Crippen molar-refractivity contribution >= 4 is 48.0 Å². The van der Waals surface area contributed by atoms with Crippen LogP contribution in [-0.2, 0) is 15.6 Å². The second kappa shape index (κ2) is 8.30. The van der Waals surface area contributed by atoms with Crippen LogP contribution >= 0.6 is 20.7 Å². The van der Waals surface area contributed by atoms with Crippen molar-refractivity contribution in [2.24, 2.45) is 4.99 Å². The molecule has 0 saturated carbocycles. The Hall–Kier alpha value is -3.08. The third-order valence-corrected chi connectivity index (χ3v) is 9.43. The van der Waals surface area contributed by atoms with Crippen LogP contribution in [0.3, 0.4) is 0 Å². The highest BCUT2D eigenvalue weighted by Gasteiger charge is 2.33. The van der Waals surface area contributed by atoms with Crippen LogP contribution in [0.15, 0.2) is 64.5 Å². The van der Waals surface area contributed by atoms with Gasteiger partial charge < -0.3 is 5.32 Å². The number of hydrogen-bond acceptors (Lipinski definition) is 8. The van der Waals surface area contributed by atoms with Crippen LogP contribution in [0.2, 0.25) is 0 Å². The molecule has 5 rings (SSSR count). The predicted octanol–water partition coefficient (Wildman–Crippen LogP) is 5.58. The summed E-state index contributed by atoms with van der Waals surface area (Å²) >= 11 is 0. The molecule has 0 atom stereocenters. The van der Waals surface area contributed by atoms with E-state index in [1.807, 2.05) is 12.1 Å². The quantitative estimate of drug-likeness (QED) is 0.350. The molecule has 174 valence electrons. The highest BCUT2D eigenvalue weighted by Crippen LogP contribution is 2.45. The number of anilines is 2. The molecule has 1 aliphatic rings. The van der Waals surface area contributed by atoms with Crippen molar-refractivity contribution in [3.8, 4) is 11.1 Å². The molecule has 7 nitrogen and oxygen atoms in total. The molecule has 0 bridgehead atoms. The first-order valence-electron chi connectivity index (χ1n) is 10.6. The summed E-state index contributed by atoms with van der Waals surface area (Å²) in [4.78, 5) is 14.6. The third kappa shape index (κ3) is 4.24. The maximum absolute atomic E-state index is 12.8. The number of rotatable bonds is 4. The zero-order valence-electron chi connectivity index (χ0n) is 19.1. The van der Waals surface area contributed by atoms with E-state index in [4.69, 9.17) is 4.99 Å². The molecule has 4 aromatic rings. The molecule has 1 aliphatic heterocycles. The Morgan fingerprint density at radius 1 is 0.971 bits per heavy atom. The summed E-state index contributed by atoms with van der Waals surface area (Å²) < 4.78 is 29.0. The first-order valence-corrected chi connectivity index (χ1v) is 14.3. The third-order valence-electron chi connectivity index (χ3n) is 5.44. The standard InChI is InChI=1S/C24H23N5O2S3/c1-14-13-15(2)26-23(25-14)29-34(30,31)17-11-9-16(10-12-17)27-22-20-18-7-5-6-8-19(18)28-24(3,4)21(20)32-33-22/h5-13,28H,1-4H3,(H,25,26,29). The molecule has 0 amide bonds. The van der Waals surface area contributed by atoms with Crippen molar-refractivity contribution in [1.29, 1.82) is 0 Å². The van der Waals surface area contributed by atoms with E-state index in [1.165, 1.54) is 4.88 Å². The molecule has 0 aliphatic carbocycles. The van der Waals surface area contributed by atoms with Crippen LogP contribution in [0.25, 0.3) is 11.1 Å². The fourth-order valence-corrected chi connectivity index (χ4v) is 7.84. The van der Waals surface area contributed by atoms with Gasteiger partial charge in [0.25, 0.3) is 10.0 Å². The van der Waals surface area contributed by atoms with Crippen molar-refractivity contribution in [3.05, 3.63) is 75.5 Å². The van der Waals surface area contributed by atoms with Crippen LogP contribution in [0.5, 0.6) is 0 Å². The summed E-state index contributed by atoms with van der Waals surface area (Å²) in [5, 5.41) is 3.61. The molecule has 0 fully saturated rings. The number of sulfonamides is 1. The molecular weight excluding hydrogens is 486 g/mol. The number of benzene rings is 2. The number of hydrogen-bond donors (Lipinski definition) is 2. The van der Waals surface area contributed by atoms with Gasteiger partial charge in [-0.1, -0.05) is 38.9 Å². The SMILES string of the molecule is Cc1cc(C)nc(NS(=O)(=O)c2ccc(N=c3ssc4c3-c3ccccc3NC4(C)C)cc2)n1. The highest BCUT2D eigenvalue weighted by molar-refractivity contribution is 7.92. The van der Waals surface area contributed by atoms with Crippen LogP contribution in [0.4, 0.5) is 17.3 Å². The Morgan fingerprint density at radius 2 is 1.65 bits per heavy atom. The van der Waals surface area contributed by atoms with E-state index in [0.717, 1.165) is 21.5 Å². The largest absolute Gasteiger partial charge is 0.375 e. The molecule has 0 saturated heterocycles. The minimum absolute atomic E-state index is 0.0628. The van der Waals surface area contributed by atoms with Gasteiger partial charge in [-0.3, -0.25) is 0 Å². The Labute approximate surface area is 205 Å². The Balaban J connectivity index is 1.49. The molecule has 2 aromatic heterocycles. The average Bonchev–Trinajstić information content (AvgIpc) is 3.18. The van der Waals surface area contributed by atoms with Gasteiger partial charge in [-0.05, 0) is 64.1 Å². The number of nitrogens with one attached hydrogen (secondary N) is 2. The molecular formula is C24H23N5O2S3. The van der Waals surface area contributed by atoms with E-state index in [9.17, 15) is 8.42 Å². The summed E-state index contributed by atoms with van der Waals surface area (Å²) in [7, 11) is -0.469. The van der Waals surface area contributed by atoms with Gasteiger partial charge in [-0.15, -0.1) is 0 Å². The summed E-state index contributed by atoms with van der Waals surface area (Å²) in [5.41, 5.74) is 5.23. The molecule has 10 heteroatoms. The summed E-state index contributed by atoms with van der Waals surface area (Å²) in [6.45, 7) is 7.92. The Morgan fingerprint density at radius 3 is 2.35 bits per heavy atom. The second-order valence-electron chi connectivity index (χ2n) is 8.66. The van der Waals surface area contributed by atoms with Gasteiger partial charge in [-0.2, -0.15) is 0 Å². The van der Waals surface area contributed by atoms with Gasteiger partial charge >= 0.3 is 0 Å². The van der Waals surface area contributed by atoms with E-state index in [0.29, 0.717) is 17.1 Å². The Kier molecular flexibility index (Phi) is 5.54. The van der Waals surface area contributed by atoms with Gasteiger partial charge in [0.1, 0.15) is 4.67 Å². The van der Waals surface area contributed by atoms with Crippen molar-refractivity contribution in [2.45, 2.75) is 38.1 Å². The topological polar surface area (TPSA) is 96.3 Å². The smallest absolute Gasteiger partial charge is 0.264 e. The van der Waals surface area contributed by atoms with Gasteiger partial charge in [-0.25, -0.2) is 28.1 Å². The van der Waals surface area contributed by atoms with Crippen LogP contribution in [0.1, 0.15) is 30.1 Å². The zero-order chi connectivity index (χ0) is 24.1. The van der Waals surface area contributed by atoms with Crippen LogP contribution in [-0.4, -0.2) is 18.4 Å². The molecule has 3 heterocycles. The Bertz CT molecular complexity index is 1550. The lowest BCUT2D eigenvalue weighted by molar-refractivity contribution is 0.600. The number of para-hydroxylation sites is 1. The molecule has 0 radical (unpaired) electrons. The first kappa shape index (κ1) is 22.7. The maximum atomic E-state index is 12.8. The first-order chi connectivity index (χ1) is 16.1. The van der Waals surface area contributed by atoms with E-state index in [2.05, 4.69) is 46.0 Å². The van der Waals surface area contributed by atoms with Crippen molar-refractivity contribution in [2.75, 3.05) is 10.0 Å². The minimum Gasteiger partial charge on any atom is -0.375 e. The summed E-state index contributed by atoms with van der Waals surface area (Å²) in [6.07, 6.45) is 0. The second-order valence-corrected chi connectivity index (χ2v) is 12.5. The number of aromatic nitrogens is 2. The molecule has 0 unspecified atom stereocenters. The summed E-state index contributed by atoms with van der Waals surface area (Å²) in [5.74, 6) is 0.0628. The van der Waals surface area contributed by atoms with E-state index < -0.39 is 10.0 Å². The fraction of sp³-hybridized carbons (Fsp3) is 0.208. The van der Waals surface area contributed by atoms with Gasteiger partial charge in [0.05, 0.1) is 21.0 Å². The molecule has 34 heavy (non-hydrogen) atoms. The molecule has 2 aromatic carbocycles. The van der Waals surface area contributed by atoms with Gasteiger partial charge in [0.15, 0.2) is 0 Å². The van der Waals surface area contributed by atoms with Crippen LogP contribution < -0.4 is 14.7 Å². The molecule has 0 spiro atoms.